The lowest BCUT2D eigenvalue weighted by Crippen LogP contribution is -2.47. The maximum atomic E-state index is 12.2. The molecule has 0 aliphatic carbocycles. The highest BCUT2D eigenvalue weighted by Crippen LogP contribution is 2.26. The first-order valence-electron chi connectivity index (χ1n) is 11.4. The zero-order chi connectivity index (χ0) is 22.1. The van der Waals surface area contributed by atoms with Crippen molar-refractivity contribution in [2.45, 2.75) is 57.9 Å². The third-order valence-corrected chi connectivity index (χ3v) is 5.68. The molecule has 0 saturated carbocycles. The summed E-state index contributed by atoms with van der Waals surface area (Å²) in [7, 11) is 0. The van der Waals surface area contributed by atoms with E-state index in [1.54, 1.807) is 0 Å². The summed E-state index contributed by atoms with van der Waals surface area (Å²) in [5.41, 5.74) is 1.94. The Morgan fingerprint density at radius 2 is 2.00 bits per heavy atom. The smallest absolute Gasteiger partial charge is 0.234 e. The van der Waals surface area contributed by atoms with Gasteiger partial charge in [-0.2, -0.15) is 0 Å². The fourth-order valence-corrected chi connectivity index (χ4v) is 3.93. The molecule has 0 spiro atoms. The fourth-order valence-electron chi connectivity index (χ4n) is 3.93. The molecule has 1 aromatic rings. The van der Waals surface area contributed by atoms with Crippen LogP contribution in [0.15, 0.2) is 18.2 Å². The predicted octanol–water partition coefficient (Wildman–Crippen LogP) is 1.84. The van der Waals surface area contributed by atoms with Crippen LogP contribution >= 0.6 is 0 Å². The summed E-state index contributed by atoms with van der Waals surface area (Å²) in [6.45, 7) is 5.33. The van der Waals surface area contributed by atoms with E-state index in [0.29, 0.717) is 32.4 Å². The Morgan fingerprint density at radius 3 is 2.77 bits per heavy atom. The van der Waals surface area contributed by atoms with Crippen LogP contribution in [0.25, 0.3) is 0 Å². The molecular weight excluding hydrogens is 396 g/mol. The topological polar surface area (TPSA) is 99.8 Å². The monoisotopic (exact) mass is 430 g/mol. The number of benzene rings is 1. The number of amides is 3. The van der Waals surface area contributed by atoms with E-state index >= 15 is 0 Å². The maximum absolute atomic E-state index is 12.2. The van der Waals surface area contributed by atoms with Crippen LogP contribution in [0.3, 0.4) is 0 Å². The molecule has 170 valence electrons. The summed E-state index contributed by atoms with van der Waals surface area (Å²) in [6.07, 6.45) is 4.99. The SMILES string of the molecule is CCCNC(=O)CN1CCC(NC(=O)CCCOc2ccc3c(c2)CCC(=O)N3)CC1. The summed E-state index contributed by atoms with van der Waals surface area (Å²) in [5.74, 6) is 0.949. The van der Waals surface area contributed by atoms with E-state index in [4.69, 9.17) is 4.74 Å². The molecule has 0 atom stereocenters. The molecule has 8 nitrogen and oxygen atoms in total. The van der Waals surface area contributed by atoms with Gasteiger partial charge in [-0.05, 0) is 55.9 Å². The highest BCUT2D eigenvalue weighted by Gasteiger charge is 2.22. The van der Waals surface area contributed by atoms with Crippen LogP contribution in [0.1, 0.15) is 51.0 Å². The minimum absolute atomic E-state index is 0.0512. The van der Waals surface area contributed by atoms with E-state index in [1.807, 2.05) is 25.1 Å². The van der Waals surface area contributed by atoms with Gasteiger partial charge in [0.05, 0.1) is 13.2 Å². The van der Waals surface area contributed by atoms with E-state index < -0.39 is 0 Å². The molecule has 3 N–H and O–H groups in total. The van der Waals surface area contributed by atoms with Crippen molar-refractivity contribution in [2.24, 2.45) is 0 Å². The number of hydrogen-bond acceptors (Lipinski definition) is 5. The van der Waals surface area contributed by atoms with Gasteiger partial charge in [-0.25, -0.2) is 0 Å². The maximum Gasteiger partial charge on any atom is 0.234 e. The van der Waals surface area contributed by atoms with Crippen LogP contribution in [-0.4, -0.2) is 61.4 Å². The van der Waals surface area contributed by atoms with Gasteiger partial charge in [-0.1, -0.05) is 6.92 Å². The molecule has 2 aliphatic heterocycles. The van der Waals surface area contributed by atoms with Crippen LogP contribution in [0, 0.1) is 0 Å². The van der Waals surface area contributed by atoms with Crippen molar-refractivity contribution in [1.29, 1.82) is 0 Å². The lowest BCUT2D eigenvalue weighted by molar-refractivity contribution is -0.124. The average Bonchev–Trinajstić information content (AvgIpc) is 2.76. The van der Waals surface area contributed by atoms with Gasteiger partial charge in [0.25, 0.3) is 0 Å². The molecule has 0 unspecified atom stereocenters. The number of hydrogen-bond donors (Lipinski definition) is 3. The molecule has 8 heteroatoms. The Hall–Kier alpha value is -2.61. The molecule has 31 heavy (non-hydrogen) atoms. The molecule has 0 bridgehead atoms. The number of piperidine rings is 1. The lowest BCUT2D eigenvalue weighted by Gasteiger charge is -2.31. The van der Waals surface area contributed by atoms with Gasteiger partial charge in [0.15, 0.2) is 0 Å². The van der Waals surface area contributed by atoms with Gasteiger partial charge in [0.2, 0.25) is 17.7 Å². The number of fused-ring (bicyclic) bond motifs is 1. The first-order chi connectivity index (χ1) is 15.0. The first-order valence-corrected chi connectivity index (χ1v) is 11.4. The Balaban J connectivity index is 1.28. The van der Waals surface area contributed by atoms with Crippen molar-refractivity contribution in [3.63, 3.8) is 0 Å². The van der Waals surface area contributed by atoms with Gasteiger partial charge in [0.1, 0.15) is 5.75 Å². The summed E-state index contributed by atoms with van der Waals surface area (Å²) in [4.78, 5) is 37.6. The lowest BCUT2D eigenvalue weighted by atomic mass is 10.0. The van der Waals surface area contributed by atoms with Gasteiger partial charge in [0, 0.05) is 44.2 Å². The second-order valence-corrected chi connectivity index (χ2v) is 8.29. The summed E-state index contributed by atoms with van der Waals surface area (Å²) >= 11 is 0. The number of aryl methyl sites for hydroxylation is 1. The number of rotatable bonds is 10. The highest BCUT2D eigenvalue weighted by atomic mass is 16.5. The third kappa shape index (κ3) is 7.54. The van der Waals surface area contributed by atoms with Crippen LogP contribution in [0.4, 0.5) is 5.69 Å². The van der Waals surface area contributed by atoms with E-state index in [0.717, 1.165) is 62.3 Å². The zero-order valence-corrected chi connectivity index (χ0v) is 18.4. The van der Waals surface area contributed by atoms with Gasteiger partial charge < -0.3 is 20.7 Å². The second kappa shape index (κ2) is 11.7. The Kier molecular flexibility index (Phi) is 8.70. The van der Waals surface area contributed by atoms with Gasteiger partial charge in [-0.15, -0.1) is 0 Å². The van der Waals surface area contributed by atoms with Crippen LogP contribution in [-0.2, 0) is 20.8 Å². The van der Waals surface area contributed by atoms with Gasteiger partial charge in [-0.3, -0.25) is 19.3 Å². The number of ether oxygens (including phenoxy) is 1. The number of carbonyl (C=O) groups excluding carboxylic acids is 3. The summed E-state index contributed by atoms with van der Waals surface area (Å²) < 4.78 is 5.78. The van der Waals surface area contributed by atoms with Crippen LogP contribution in [0.2, 0.25) is 0 Å². The molecule has 1 saturated heterocycles. The molecular formula is C23H34N4O4. The quantitative estimate of drug-likeness (QED) is 0.492. The predicted molar refractivity (Wildman–Crippen MR) is 119 cm³/mol. The number of anilines is 1. The Labute approximate surface area is 184 Å². The first kappa shape index (κ1) is 23.1. The molecule has 0 radical (unpaired) electrons. The van der Waals surface area contributed by atoms with E-state index in [1.165, 1.54) is 0 Å². The number of likely N-dealkylation sites (tertiary alicyclic amines) is 1. The second-order valence-electron chi connectivity index (χ2n) is 8.29. The number of carbonyl (C=O) groups is 3. The normalized spacial score (nSPS) is 16.9. The van der Waals surface area contributed by atoms with Crippen molar-refractivity contribution in [3.8, 4) is 5.75 Å². The van der Waals surface area contributed by atoms with E-state index in [2.05, 4.69) is 20.9 Å². The minimum atomic E-state index is 0.0512. The van der Waals surface area contributed by atoms with Crippen molar-refractivity contribution in [3.05, 3.63) is 23.8 Å². The highest BCUT2D eigenvalue weighted by molar-refractivity contribution is 5.94. The van der Waals surface area contributed by atoms with Crippen LogP contribution in [0.5, 0.6) is 5.75 Å². The molecule has 3 amide bonds. The molecule has 1 aromatic carbocycles. The fraction of sp³-hybridized carbons (Fsp3) is 0.609. The Bertz CT molecular complexity index is 775. The van der Waals surface area contributed by atoms with Crippen molar-refractivity contribution in [2.75, 3.05) is 38.1 Å². The van der Waals surface area contributed by atoms with Crippen molar-refractivity contribution in [1.82, 2.24) is 15.5 Å². The molecule has 1 fully saturated rings. The largest absolute Gasteiger partial charge is 0.494 e. The standard InChI is InChI=1S/C23H34N4O4/c1-2-11-24-23(30)16-27-12-9-18(10-13-27)25-21(28)4-3-14-31-19-6-7-20-17(15-19)5-8-22(29)26-20/h6-7,15,18H,2-5,8-14,16H2,1H3,(H,24,30)(H,25,28)(H,26,29). The van der Waals surface area contributed by atoms with Crippen molar-refractivity contribution >= 4 is 23.4 Å². The van der Waals surface area contributed by atoms with Crippen molar-refractivity contribution < 1.29 is 19.1 Å². The third-order valence-electron chi connectivity index (χ3n) is 5.68. The van der Waals surface area contributed by atoms with E-state index in [9.17, 15) is 14.4 Å². The molecule has 3 rings (SSSR count). The number of nitrogens with zero attached hydrogens (tertiary/aromatic N) is 1. The van der Waals surface area contributed by atoms with Gasteiger partial charge >= 0.3 is 0 Å². The van der Waals surface area contributed by atoms with E-state index in [-0.39, 0.29) is 23.8 Å². The summed E-state index contributed by atoms with van der Waals surface area (Å²) in [6, 6.07) is 5.86. The summed E-state index contributed by atoms with van der Waals surface area (Å²) in [5, 5.41) is 8.87. The minimum Gasteiger partial charge on any atom is -0.494 e. The molecule has 2 heterocycles. The Morgan fingerprint density at radius 1 is 1.19 bits per heavy atom. The van der Waals surface area contributed by atoms with Crippen LogP contribution < -0.4 is 20.7 Å². The molecule has 0 aromatic heterocycles. The average molecular weight is 431 g/mol. The zero-order valence-electron chi connectivity index (χ0n) is 18.4. The molecule has 2 aliphatic rings. The number of nitrogens with one attached hydrogen (secondary N) is 3.